The van der Waals surface area contributed by atoms with Crippen LogP contribution in [-0.4, -0.2) is 77.6 Å². The van der Waals surface area contributed by atoms with Crippen LogP contribution in [0.1, 0.15) is 26.2 Å². The van der Waals surface area contributed by atoms with E-state index in [1.165, 1.54) is 7.11 Å². The molecule has 0 aromatic rings. The molecule has 1 atom stereocenters. The van der Waals surface area contributed by atoms with E-state index < -0.39 is 5.54 Å². The fourth-order valence-electron chi connectivity index (χ4n) is 2.14. The Kier molecular flexibility index (Phi) is 11.5. The molecule has 0 radical (unpaired) electrons. The van der Waals surface area contributed by atoms with Gasteiger partial charge >= 0.3 is 5.97 Å². The average Bonchev–Trinajstić information content (AvgIpc) is 2.51. The third kappa shape index (κ3) is 8.36. The summed E-state index contributed by atoms with van der Waals surface area (Å²) >= 11 is 0. The van der Waals surface area contributed by atoms with Gasteiger partial charge in [0.15, 0.2) is 0 Å². The number of rotatable bonds is 13. The lowest BCUT2D eigenvalue weighted by molar-refractivity contribution is -0.148. The van der Waals surface area contributed by atoms with Crippen molar-refractivity contribution < 1.29 is 19.0 Å². The van der Waals surface area contributed by atoms with Crippen LogP contribution in [0.4, 0.5) is 0 Å². The number of likely N-dealkylation sites (N-methyl/N-ethyl adjacent to an activating group) is 1. The zero-order chi connectivity index (χ0) is 16.1. The van der Waals surface area contributed by atoms with E-state index in [9.17, 15) is 4.79 Å². The molecule has 126 valence electrons. The van der Waals surface area contributed by atoms with Crippen molar-refractivity contribution in [2.45, 2.75) is 31.7 Å². The molecule has 0 saturated heterocycles. The number of nitrogens with one attached hydrogen (secondary N) is 1. The van der Waals surface area contributed by atoms with Gasteiger partial charge in [-0.15, -0.1) is 0 Å². The number of unbranched alkanes of at least 4 members (excludes halogenated alkanes) is 1. The SMILES string of the molecule is CNC(C)(CCCCN(CCOC)CCOC)C(=O)OC. The van der Waals surface area contributed by atoms with Gasteiger partial charge in [-0.1, -0.05) is 0 Å². The number of methoxy groups -OCH3 is 3. The molecule has 0 aliphatic heterocycles. The van der Waals surface area contributed by atoms with Gasteiger partial charge in [-0.2, -0.15) is 0 Å². The number of nitrogens with zero attached hydrogens (tertiary/aromatic N) is 1. The number of hydrogen-bond donors (Lipinski definition) is 1. The lowest BCUT2D eigenvalue weighted by Gasteiger charge is -2.27. The van der Waals surface area contributed by atoms with Gasteiger partial charge < -0.3 is 19.5 Å². The number of ether oxygens (including phenoxy) is 3. The summed E-state index contributed by atoms with van der Waals surface area (Å²) in [6, 6.07) is 0. The van der Waals surface area contributed by atoms with Crippen LogP contribution in [0.2, 0.25) is 0 Å². The van der Waals surface area contributed by atoms with Crippen molar-refractivity contribution in [1.29, 1.82) is 0 Å². The smallest absolute Gasteiger partial charge is 0.325 e. The summed E-state index contributed by atoms with van der Waals surface area (Å²) in [5.74, 6) is -0.208. The van der Waals surface area contributed by atoms with Crippen molar-refractivity contribution in [3.63, 3.8) is 0 Å². The van der Waals surface area contributed by atoms with Crippen LogP contribution in [0, 0.1) is 0 Å². The lowest BCUT2D eigenvalue weighted by Crippen LogP contribution is -2.48. The summed E-state index contributed by atoms with van der Waals surface area (Å²) in [6.45, 7) is 6.11. The standard InChI is InChI=1S/C15H32N2O4/c1-15(16-2,14(18)21-5)8-6-7-9-17(10-12-19-3)11-13-20-4/h16H,6-13H2,1-5H3. The molecule has 21 heavy (non-hydrogen) atoms. The third-order valence-corrected chi connectivity index (χ3v) is 3.81. The minimum absolute atomic E-state index is 0.208. The lowest BCUT2D eigenvalue weighted by atomic mass is 9.95. The Morgan fingerprint density at radius 3 is 2.05 bits per heavy atom. The van der Waals surface area contributed by atoms with Crippen LogP contribution in [0.5, 0.6) is 0 Å². The highest BCUT2D eigenvalue weighted by Gasteiger charge is 2.31. The van der Waals surface area contributed by atoms with Crippen LogP contribution < -0.4 is 5.32 Å². The molecule has 0 amide bonds. The minimum atomic E-state index is -0.599. The van der Waals surface area contributed by atoms with Gasteiger partial charge in [-0.3, -0.25) is 9.69 Å². The first-order valence-corrected chi connectivity index (χ1v) is 7.51. The van der Waals surface area contributed by atoms with Crippen molar-refractivity contribution >= 4 is 5.97 Å². The van der Waals surface area contributed by atoms with E-state index in [4.69, 9.17) is 14.2 Å². The Morgan fingerprint density at radius 1 is 1.05 bits per heavy atom. The van der Waals surface area contributed by atoms with Gasteiger partial charge in [0.25, 0.3) is 0 Å². The molecule has 0 bridgehead atoms. The van der Waals surface area contributed by atoms with Crippen LogP contribution in [-0.2, 0) is 19.0 Å². The molecule has 1 unspecified atom stereocenters. The van der Waals surface area contributed by atoms with E-state index in [2.05, 4.69) is 10.2 Å². The van der Waals surface area contributed by atoms with Gasteiger partial charge in [0.2, 0.25) is 0 Å². The molecular formula is C15H32N2O4. The fraction of sp³-hybridized carbons (Fsp3) is 0.933. The zero-order valence-electron chi connectivity index (χ0n) is 14.2. The summed E-state index contributed by atoms with van der Waals surface area (Å²) in [7, 11) is 6.64. The van der Waals surface area contributed by atoms with Gasteiger partial charge in [-0.25, -0.2) is 0 Å². The molecule has 0 saturated carbocycles. The normalized spacial score (nSPS) is 14.2. The summed E-state index contributed by atoms with van der Waals surface area (Å²) < 4.78 is 15.1. The van der Waals surface area contributed by atoms with Crippen LogP contribution in [0.3, 0.4) is 0 Å². The van der Waals surface area contributed by atoms with Crippen molar-refractivity contribution in [2.75, 3.05) is 61.2 Å². The van der Waals surface area contributed by atoms with E-state index in [1.54, 1.807) is 21.3 Å². The van der Waals surface area contributed by atoms with Gasteiger partial charge in [0, 0.05) is 27.3 Å². The van der Waals surface area contributed by atoms with Gasteiger partial charge in [0.1, 0.15) is 5.54 Å². The van der Waals surface area contributed by atoms with Gasteiger partial charge in [0.05, 0.1) is 20.3 Å². The number of carbonyl (C=O) groups excluding carboxylic acids is 1. The highest BCUT2D eigenvalue weighted by Crippen LogP contribution is 2.15. The molecule has 6 heteroatoms. The van der Waals surface area contributed by atoms with Crippen molar-refractivity contribution in [2.24, 2.45) is 0 Å². The maximum Gasteiger partial charge on any atom is 0.325 e. The number of esters is 1. The van der Waals surface area contributed by atoms with Gasteiger partial charge in [-0.05, 0) is 39.8 Å². The molecule has 0 fully saturated rings. The third-order valence-electron chi connectivity index (χ3n) is 3.81. The molecule has 0 aliphatic rings. The number of hydrogen-bond acceptors (Lipinski definition) is 6. The minimum Gasteiger partial charge on any atom is -0.468 e. The summed E-state index contributed by atoms with van der Waals surface area (Å²) in [5, 5.41) is 3.06. The first-order chi connectivity index (χ1) is 10.0. The molecule has 0 aromatic carbocycles. The number of carbonyl (C=O) groups is 1. The average molecular weight is 304 g/mol. The Morgan fingerprint density at radius 2 is 1.62 bits per heavy atom. The highest BCUT2D eigenvalue weighted by molar-refractivity contribution is 5.80. The Balaban J connectivity index is 4.09. The van der Waals surface area contributed by atoms with E-state index in [-0.39, 0.29) is 5.97 Å². The molecule has 1 N–H and O–H groups in total. The Hall–Kier alpha value is -0.690. The topological polar surface area (TPSA) is 60.0 Å². The molecule has 0 heterocycles. The van der Waals surface area contributed by atoms with E-state index in [0.29, 0.717) is 0 Å². The zero-order valence-corrected chi connectivity index (χ0v) is 14.2. The molecule has 0 aliphatic carbocycles. The van der Waals surface area contributed by atoms with Crippen LogP contribution >= 0.6 is 0 Å². The maximum absolute atomic E-state index is 11.7. The second-order valence-electron chi connectivity index (χ2n) is 5.36. The summed E-state index contributed by atoms with van der Waals surface area (Å²) in [5.41, 5.74) is -0.599. The van der Waals surface area contributed by atoms with Crippen LogP contribution in [0.25, 0.3) is 0 Å². The quantitative estimate of drug-likeness (QED) is 0.403. The fourth-order valence-corrected chi connectivity index (χ4v) is 2.14. The van der Waals surface area contributed by atoms with Crippen LogP contribution in [0.15, 0.2) is 0 Å². The van der Waals surface area contributed by atoms with E-state index in [0.717, 1.165) is 52.1 Å². The Labute approximate surface area is 129 Å². The summed E-state index contributed by atoms with van der Waals surface area (Å²) in [4.78, 5) is 14.1. The highest BCUT2D eigenvalue weighted by atomic mass is 16.5. The molecular weight excluding hydrogens is 272 g/mol. The first kappa shape index (κ1) is 20.3. The van der Waals surface area contributed by atoms with E-state index >= 15 is 0 Å². The maximum atomic E-state index is 11.7. The van der Waals surface area contributed by atoms with Crippen molar-refractivity contribution in [3.8, 4) is 0 Å². The molecule has 0 rings (SSSR count). The monoisotopic (exact) mass is 304 g/mol. The molecule has 0 spiro atoms. The molecule has 0 aromatic heterocycles. The Bertz CT molecular complexity index is 268. The predicted octanol–water partition coefficient (Wildman–Crippen LogP) is 0.903. The van der Waals surface area contributed by atoms with E-state index in [1.807, 2.05) is 6.92 Å². The first-order valence-electron chi connectivity index (χ1n) is 7.51. The predicted molar refractivity (Wildman–Crippen MR) is 83.5 cm³/mol. The molecule has 6 nitrogen and oxygen atoms in total. The largest absolute Gasteiger partial charge is 0.468 e. The summed E-state index contributed by atoms with van der Waals surface area (Å²) in [6.07, 6.45) is 2.75. The van der Waals surface area contributed by atoms with Crippen molar-refractivity contribution in [1.82, 2.24) is 10.2 Å². The second kappa shape index (κ2) is 11.9. The second-order valence-corrected chi connectivity index (χ2v) is 5.36. The van der Waals surface area contributed by atoms with Crippen molar-refractivity contribution in [3.05, 3.63) is 0 Å².